The lowest BCUT2D eigenvalue weighted by atomic mass is 9.34. The van der Waals surface area contributed by atoms with Crippen LogP contribution in [0.1, 0.15) is 99.8 Å². The number of aliphatic hydroxyl groups is 2. The topological polar surface area (TPSA) is 40.5 Å². The minimum Gasteiger partial charge on any atom is -0.389 e. The highest BCUT2D eigenvalue weighted by molar-refractivity contribution is 5.36. The molecule has 0 aromatic carbocycles. The first kappa shape index (κ1) is 22.2. The summed E-state index contributed by atoms with van der Waals surface area (Å²) < 4.78 is 0. The minimum atomic E-state index is -0.569. The third-order valence-corrected chi connectivity index (χ3v) is 11.8. The van der Waals surface area contributed by atoms with Crippen molar-refractivity contribution in [1.82, 2.24) is 0 Å². The normalized spacial score (nSPS) is 54.7. The molecule has 0 spiro atoms. The Morgan fingerprint density at radius 3 is 2.29 bits per heavy atom. The summed E-state index contributed by atoms with van der Waals surface area (Å²) in [6, 6.07) is 0. The predicted octanol–water partition coefficient (Wildman–Crippen LogP) is 6.67. The molecule has 0 saturated heterocycles. The van der Waals surface area contributed by atoms with E-state index in [1.54, 1.807) is 0 Å². The van der Waals surface area contributed by atoms with Gasteiger partial charge in [-0.1, -0.05) is 72.3 Å². The van der Waals surface area contributed by atoms with E-state index in [9.17, 15) is 10.2 Å². The lowest BCUT2D eigenvalue weighted by molar-refractivity contribution is -0.199. The molecule has 2 N–H and O–H groups in total. The second-order valence-electron chi connectivity index (χ2n) is 14.4. The van der Waals surface area contributed by atoms with E-state index in [0.29, 0.717) is 5.92 Å². The van der Waals surface area contributed by atoms with Crippen molar-refractivity contribution in [2.45, 2.75) is 112 Å². The average Bonchev–Trinajstić information content (AvgIpc) is 2.64. The van der Waals surface area contributed by atoms with Gasteiger partial charge in [0.1, 0.15) is 0 Å². The second kappa shape index (κ2) is 6.29. The van der Waals surface area contributed by atoms with Crippen LogP contribution >= 0.6 is 0 Å². The van der Waals surface area contributed by atoms with Crippen molar-refractivity contribution in [1.29, 1.82) is 0 Å². The second-order valence-corrected chi connectivity index (χ2v) is 14.4. The van der Waals surface area contributed by atoms with E-state index in [-0.39, 0.29) is 38.9 Å². The molecule has 0 aromatic heterocycles. The molecule has 0 bridgehead atoms. The standard InChI is InChI=1S/C29H46O2/c1-24(2)13-15-29(31)16-14-27(6)19(20(29)18-24)17-21(30)23-26(5)11-8-10-25(3,4)22(26)9-12-28(23,27)7/h8,10,17,20-23,30-31H,9,11-16,18H2,1-7H3/t20?,21?,22?,23?,26-,27+,28+,29-/m0/s1. The Bertz CT molecular complexity index is 836. The molecule has 4 unspecified atom stereocenters. The lowest BCUT2D eigenvalue weighted by Gasteiger charge is -2.70. The van der Waals surface area contributed by atoms with Gasteiger partial charge < -0.3 is 10.2 Å². The molecule has 0 heterocycles. The lowest BCUT2D eigenvalue weighted by Crippen LogP contribution is -2.66. The fraction of sp³-hybridized carbons (Fsp3) is 0.862. The molecule has 5 aliphatic rings. The van der Waals surface area contributed by atoms with E-state index in [0.717, 1.165) is 38.5 Å². The molecule has 2 nitrogen and oxygen atoms in total. The smallest absolute Gasteiger partial charge is 0.0762 e. The molecule has 8 atom stereocenters. The SMILES string of the molecule is CC1(C)CC[C@]2(O)CC[C@]3(C)C(=CC(O)C4[C@@]5(C)CC=CC(C)(C)C5CC[C@]43C)C2C1. The van der Waals surface area contributed by atoms with Gasteiger partial charge in [-0.25, -0.2) is 0 Å². The molecular weight excluding hydrogens is 380 g/mol. The zero-order valence-corrected chi connectivity index (χ0v) is 21.1. The summed E-state index contributed by atoms with van der Waals surface area (Å²) in [5.74, 6) is 1.10. The van der Waals surface area contributed by atoms with Crippen molar-refractivity contribution >= 4 is 0 Å². The summed E-state index contributed by atoms with van der Waals surface area (Å²) in [7, 11) is 0. The van der Waals surface area contributed by atoms with E-state index in [2.05, 4.69) is 66.7 Å². The third kappa shape index (κ3) is 2.76. The third-order valence-electron chi connectivity index (χ3n) is 11.8. The molecule has 5 aliphatic carbocycles. The van der Waals surface area contributed by atoms with Gasteiger partial charge in [0.05, 0.1) is 11.7 Å². The van der Waals surface area contributed by atoms with Crippen LogP contribution in [0.2, 0.25) is 0 Å². The van der Waals surface area contributed by atoms with E-state index in [1.165, 1.54) is 18.4 Å². The van der Waals surface area contributed by atoms with Crippen LogP contribution in [0.5, 0.6) is 0 Å². The average molecular weight is 427 g/mol. The summed E-state index contributed by atoms with van der Waals surface area (Å²) in [5, 5.41) is 23.5. The van der Waals surface area contributed by atoms with Gasteiger partial charge in [0.25, 0.3) is 0 Å². The largest absolute Gasteiger partial charge is 0.389 e. The van der Waals surface area contributed by atoms with Crippen molar-refractivity contribution in [3.05, 3.63) is 23.8 Å². The fourth-order valence-electron chi connectivity index (χ4n) is 9.95. The van der Waals surface area contributed by atoms with E-state index >= 15 is 0 Å². The van der Waals surface area contributed by atoms with Crippen LogP contribution in [0.15, 0.2) is 23.8 Å². The van der Waals surface area contributed by atoms with Crippen LogP contribution in [-0.4, -0.2) is 21.9 Å². The number of hydrogen-bond donors (Lipinski definition) is 2. The number of fused-ring (bicyclic) bond motifs is 7. The highest BCUT2D eigenvalue weighted by Gasteiger charge is 2.68. The van der Waals surface area contributed by atoms with Gasteiger partial charge in [0, 0.05) is 11.8 Å². The van der Waals surface area contributed by atoms with Crippen molar-refractivity contribution < 1.29 is 10.2 Å². The molecular formula is C29H46O2. The van der Waals surface area contributed by atoms with Crippen LogP contribution in [-0.2, 0) is 0 Å². The van der Waals surface area contributed by atoms with Crippen LogP contribution < -0.4 is 0 Å². The minimum absolute atomic E-state index is 0.0699. The van der Waals surface area contributed by atoms with Gasteiger partial charge in [0.2, 0.25) is 0 Å². The monoisotopic (exact) mass is 426 g/mol. The van der Waals surface area contributed by atoms with E-state index in [4.69, 9.17) is 0 Å². The number of hydrogen-bond acceptors (Lipinski definition) is 2. The zero-order valence-electron chi connectivity index (χ0n) is 21.1. The number of rotatable bonds is 0. The van der Waals surface area contributed by atoms with Gasteiger partial charge in [0.15, 0.2) is 0 Å². The maximum Gasteiger partial charge on any atom is 0.0762 e. The van der Waals surface area contributed by atoms with Crippen molar-refractivity contribution in [2.24, 2.45) is 44.8 Å². The molecule has 0 radical (unpaired) electrons. The van der Waals surface area contributed by atoms with Gasteiger partial charge in [-0.3, -0.25) is 0 Å². The van der Waals surface area contributed by atoms with Crippen LogP contribution in [0.3, 0.4) is 0 Å². The van der Waals surface area contributed by atoms with Gasteiger partial charge in [-0.05, 0) is 84.4 Å². The molecule has 2 heteroatoms. The Kier molecular flexibility index (Phi) is 4.51. The van der Waals surface area contributed by atoms with E-state index < -0.39 is 11.7 Å². The first-order valence-corrected chi connectivity index (χ1v) is 13.0. The number of allylic oxidation sites excluding steroid dienone is 2. The molecule has 3 saturated carbocycles. The number of aliphatic hydroxyl groups excluding tert-OH is 1. The Morgan fingerprint density at radius 1 is 0.903 bits per heavy atom. The highest BCUT2D eigenvalue weighted by Crippen LogP contribution is 2.74. The maximum atomic E-state index is 11.8. The Morgan fingerprint density at radius 2 is 1.58 bits per heavy atom. The van der Waals surface area contributed by atoms with Crippen molar-refractivity contribution in [3.8, 4) is 0 Å². The van der Waals surface area contributed by atoms with Crippen LogP contribution in [0.25, 0.3) is 0 Å². The zero-order chi connectivity index (χ0) is 22.7. The molecule has 174 valence electrons. The van der Waals surface area contributed by atoms with Gasteiger partial charge in [-0.15, -0.1) is 0 Å². The summed E-state index contributed by atoms with van der Waals surface area (Å²) in [5.41, 5.74) is 1.56. The first-order chi connectivity index (χ1) is 14.2. The van der Waals surface area contributed by atoms with Gasteiger partial charge >= 0.3 is 0 Å². The van der Waals surface area contributed by atoms with Crippen molar-refractivity contribution in [2.75, 3.05) is 0 Å². The first-order valence-electron chi connectivity index (χ1n) is 13.0. The quantitative estimate of drug-likeness (QED) is 0.425. The van der Waals surface area contributed by atoms with Crippen molar-refractivity contribution in [3.63, 3.8) is 0 Å². The van der Waals surface area contributed by atoms with E-state index in [1.807, 2.05) is 0 Å². The molecule has 5 rings (SSSR count). The van der Waals surface area contributed by atoms with Crippen LogP contribution in [0, 0.1) is 44.8 Å². The summed E-state index contributed by atoms with van der Waals surface area (Å²) in [4.78, 5) is 0. The predicted molar refractivity (Wildman–Crippen MR) is 127 cm³/mol. The molecule has 0 amide bonds. The Balaban J connectivity index is 1.63. The molecule has 31 heavy (non-hydrogen) atoms. The highest BCUT2D eigenvalue weighted by atomic mass is 16.3. The maximum absolute atomic E-state index is 11.8. The summed E-state index contributed by atoms with van der Waals surface area (Å²) in [6.07, 6.45) is 15.3. The Hall–Kier alpha value is -0.600. The van der Waals surface area contributed by atoms with Crippen LogP contribution in [0.4, 0.5) is 0 Å². The Labute approximate surface area is 190 Å². The summed E-state index contributed by atoms with van der Waals surface area (Å²) >= 11 is 0. The molecule has 0 aliphatic heterocycles. The summed E-state index contributed by atoms with van der Waals surface area (Å²) in [6.45, 7) is 17.0. The molecule has 0 aromatic rings. The molecule has 3 fully saturated rings. The van der Waals surface area contributed by atoms with Gasteiger partial charge in [-0.2, -0.15) is 0 Å². The fourth-order valence-corrected chi connectivity index (χ4v) is 9.95.